The number of benzene rings is 1. The van der Waals surface area contributed by atoms with E-state index in [1.165, 1.54) is 30.3 Å². The Balaban J connectivity index is 1.54. The minimum atomic E-state index is -5.16. The summed E-state index contributed by atoms with van der Waals surface area (Å²) in [7, 11) is 0. The number of aromatic nitrogens is 2. The van der Waals surface area contributed by atoms with Crippen LogP contribution < -0.4 is 5.32 Å². The number of carboxylic acid groups (broad SMARTS) is 1. The molecular formula is C25H14F6N4O5S2. The molecule has 0 spiro atoms. The van der Waals surface area contributed by atoms with Crippen LogP contribution in [0.15, 0.2) is 53.4 Å². The Bertz CT molecular complexity index is 1630. The number of pyridine rings is 2. The van der Waals surface area contributed by atoms with Crippen molar-refractivity contribution >= 4 is 57.8 Å². The van der Waals surface area contributed by atoms with Crippen LogP contribution in [0.2, 0.25) is 0 Å². The van der Waals surface area contributed by atoms with Crippen LogP contribution in [0.5, 0.6) is 5.75 Å². The molecule has 2 aromatic heterocycles. The second kappa shape index (κ2) is 11.4. The monoisotopic (exact) mass is 628 g/mol. The van der Waals surface area contributed by atoms with Gasteiger partial charge in [-0.15, -0.1) is 0 Å². The van der Waals surface area contributed by atoms with Crippen molar-refractivity contribution in [3.63, 3.8) is 0 Å². The number of carboxylic acids is 1. The van der Waals surface area contributed by atoms with Crippen LogP contribution >= 0.6 is 24.0 Å². The first-order valence-electron chi connectivity index (χ1n) is 11.3. The lowest BCUT2D eigenvalue weighted by Gasteiger charge is -2.14. The van der Waals surface area contributed by atoms with Crippen molar-refractivity contribution in [2.75, 3.05) is 11.9 Å². The lowest BCUT2D eigenvalue weighted by Crippen LogP contribution is -2.36. The maximum Gasteiger partial charge on any atom is 0.433 e. The van der Waals surface area contributed by atoms with Crippen molar-refractivity contribution in [3.05, 3.63) is 76.1 Å². The summed E-state index contributed by atoms with van der Waals surface area (Å²) in [6.07, 6.45) is -9.10. The van der Waals surface area contributed by atoms with E-state index in [4.69, 9.17) is 17.3 Å². The standard InChI is InChI=1S/C25H14F6N4O5S2/c26-24(27,28)18-6-11(7-19(34-18)25(29,30)31)15-3-1-2-12(32-15)9-17-21(38)35(23(41)42-17)10-20(37)33-13-4-5-14(22(39)40)16(36)8-13/h1-9,36H,10H2,(H,33,37)(H,39,40). The van der Waals surface area contributed by atoms with E-state index in [1.54, 1.807) is 0 Å². The fourth-order valence-electron chi connectivity index (χ4n) is 3.57. The van der Waals surface area contributed by atoms with Crippen LogP contribution in [-0.4, -0.2) is 53.7 Å². The molecule has 42 heavy (non-hydrogen) atoms. The van der Waals surface area contributed by atoms with E-state index in [2.05, 4.69) is 15.3 Å². The number of thioether (sulfide) groups is 1. The van der Waals surface area contributed by atoms with Crippen LogP contribution in [0.3, 0.4) is 0 Å². The van der Waals surface area contributed by atoms with Gasteiger partial charge in [0.25, 0.3) is 5.91 Å². The van der Waals surface area contributed by atoms with Gasteiger partial charge < -0.3 is 15.5 Å². The third kappa shape index (κ3) is 6.85. The topological polar surface area (TPSA) is 133 Å². The molecule has 0 unspecified atom stereocenters. The fraction of sp³-hybridized carbons (Fsp3) is 0.120. The van der Waals surface area contributed by atoms with Crippen LogP contribution in [0.4, 0.5) is 32.0 Å². The zero-order valence-electron chi connectivity index (χ0n) is 20.4. The summed E-state index contributed by atoms with van der Waals surface area (Å²) in [6, 6.07) is 7.99. The number of nitrogens with zero attached hydrogens (tertiary/aromatic N) is 3. The molecule has 3 aromatic rings. The van der Waals surface area contributed by atoms with Gasteiger partial charge in [-0.05, 0) is 42.5 Å². The maximum absolute atomic E-state index is 13.2. The Morgan fingerprint density at radius 3 is 2.21 bits per heavy atom. The van der Waals surface area contributed by atoms with Gasteiger partial charge in [-0.2, -0.15) is 26.3 Å². The van der Waals surface area contributed by atoms with E-state index >= 15 is 0 Å². The second-order valence-corrected chi connectivity index (χ2v) is 10.1. The van der Waals surface area contributed by atoms with E-state index in [-0.39, 0.29) is 26.3 Å². The highest BCUT2D eigenvalue weighted by molar-refractivity contribution is 8.26. The highest BCUT2D eigenvalue weighted by Crippen LogP contribution is 2.37. The third-order valence-electron chi connectivity index (χ3n) is 5.44. The van der Waals surface area contributed by atoms with Crippen molar-refractivity contribution in [2.45, 2.75) is 12.4 Å². The van der Waals surface area contributed by atoms with Crippen molar-refractivity contribution in [1.29, 1.82) is 0 Å². The summed E-state index contributed by atoms with van der Waals surface area (Å²) in [5, 5.41) is 21.1. The average Bonchev–Trinajstić information content (AvgIpc) is 3.14. The van der Waals surface area contributed by atoms with E-state index in [0.717, 1.165) is 28.8 Å². The highest BCUT2D eigenvalue weighted by atomic mass is 32.2. The molecule has 3 heterocycles. The molecule has 1 aliphatic heterocycles. The number of thiocarbonyl (C=S) groups is 1. The highest BCUT2D eigenvalue weighted by Gasteiger charge is 2.39. The molecule has 4 rings (SSSR count). The molecule has 1 saturated heterocycles. The number of aromatic hydroxyl groups is 1. The molecule has 1 aromatic carbocycles. The van der Waals surface area contributed by atoms with Gasteiger partial charge >= 0.3 is 18.3 Å². The predicted molar refractivity (Wildman–Crippen MR) is 141 cm³/mol. The predicted octanol–water partition coefficient (Wildman–Crippen LogP) is 5.42. The maximum atomic E-state index is 13.2. The van der Waals surface area contributed by atoms with E-state index < -0.39 is 64.9 Å². The number of aromatic carboxylic acids is 1. The van der Waals surface area contributed by atoms with Crippen molar-refractivity contribution < 1.29 is 50.9 Å². The number of amides is 2. The van der Waals surface area contributed by atoms with Crippen LogP contribution in [0.1, 0.15) is 27.4 Å². The van der Waals surface area contributed by atoms with Crippen molar-refractivity contribution in [3.8, 4) is 17.0 Å². The van der Waals surface area contributed by atoms with Crippen molar-refractivity contribution in [1.82, 2.24) is 14.9 Å². The largest absolute Gasteiger partial charge is 0.507 e. The summed E-state index contributed by atoms with van der Waals surface area (Å²) in [5.74, 6) is -3.44. The minimum absolute atomic E-state index is 0.00498. The first-order valence-corrected chi connectivity index (χ1v) is 12.5. The van der Waals surface area contributed by atoms with Gasteiger partial charge in [0, 0.05) is 17.3 Å². The molecule has 1 fully saturated rings. The molecule has 0 bridgehead atoms. The van der Waals surface area contributed by atoms with Gasteiger partial charge in [0.05, 0.1) is 16.3 Å². The van der Waals surface area contributed by atoms with Gasteiger partial charge in [-0.25, -0.2) is 14.8 Å². The zero-order chi connectivity index (χ0) is 31.0. The number of nitrogens with one attached hydrogen (secondary N) is 1. The quantitative estimate of drug-likeness (QED) is 0.186. The first kappa shape index (κ1) is 30.4. The van der Waals surface area contributed by atoms with Gasteiger partial charge in [-0.3, -0.25) is 14.5 Å². The summed E-state index contributed by atoms with van der Waals surface area (Å²) in [5.41, 5.74) is -4.62. The first-order chi connectivity index (χ1) is 19.5. The van der Waals surface area contributed by atoms with Gasteiger partial charge in [0.2, 0.25) is 5.91 Å². The molecule has 9 nitrogen and oxygen atoms in total. The van der Waals surface area contributed by atoms with Crippen LogP contribution in [0, 0.1) is 0 Å². The Morgan fingerprint density at radius 2 is 1.64 bits per heavy atom. The Labute approximate surface area is 240 Å². The fourth-order valence-corrected chi connectivity index (χ4v) is 4.81. The van der Waals surface area contributed by atoms with Gasteiger partial charge in [0.1, 0.15) is 33.6 Å². The molecule has 2 amide bonds. The summed E-state index contributed by atoms with van der Waals surface area (Å²) in [4.78, 5) is 44.1. The van der Waals surface area contributed by atoms with E-state index in [9.17, 15) is 45.8 Å². The molecular weight excluding hydrogens is 614 g/mol. The number of hydrogen-bond acceptors (Lipinski definition) is 8. The number of hydrogen-bond donors (Lipinski definition) is 3. The summed E-state index contributed by atoms with van der Waals surface area (Å²) >= 11 is 5.94. The number of alkyl halides is 6. The Kier molecular flexibility index (Phi) is 8.27. The smallest absolute Gasteiger partial charge is 0.433 e. The lowest BCUT2D eigenvalue weighted by atomic mass is 10.1. The lowest BCUT2D eigenvalue weighted by molar-refractivity contribution is -0.150. The number of carbonyl (C=O) groups is 3. The molecule has 0 radical (unpaired) electrons. The molecule has 17 heteroatoms. The zero-order valence-corrected chi connectivity index (χ0v) is 22.1. The third-order valence-corrected chi connectivity index (χ3v) is 6.82. The van der Waals surface area contributed by atoms with E-state index in [1.807, 2.05) is 0 Å². The summed E-state index contributed by atoms with van der Waals surface area (Å²) in [6.45, 7) is -0.561. The average molecular weight is 629 g/mol. The number of halogens is 6. The Morgan fingerprint density at radius 1 is 1.00 bits per heavy atom. The SMILES string of the molecule is O=C(CN1C(=O)C(=Cc2cccc(-c3cc(C(F)(F)F)nc(C(F)(F)F)c3)n2)SC1=S)Nc1ccc(C(=O)O)c(O)c1. The van der Waals surface area contributed by atoms with Gasteiger partial charge in [-0.1, -0.05) is 30.0 Å². The summed E-state index contributed by atoms with van der Waals surface area (Å²) < 4.78 is 79.3. The number of carbonyl (C=O) groups excluding carboxylic acids is 2. The number of rotatable bonds is 6. The van der Waals surface area contributed by atoms with Crippen molar-refractivity contribution in [2.24, 2.45) is 0 Å². The molecule has 0 atom stereocenters. The minimum Gasteiger partial charge on any atom is -0.507 e. The van der Waals surface area contributed by atoms with Crippen LogP contribution in [-0.2, 0) is 21.9 Å². The molecule has 218 valence electrons. The van der Waals surface area contributed by atoms with E-state index in [0.29, 0.717) is 12.1 Å². The molecule has 3 N–H and O–H groups in total. The number of anilines is 1. The second-order valence-electron chi connectivity index (χ2n) is 8.42. The van der Waals surface area contributed by atoms with Gasteiger partial charge in [0.15, 0.2) is 0 Å². The Hall–Kier alpha value is -4.51. The number of phenols is 1. The normalized spacial score (nSPS) is 14.9. The van der Waals surface area contributed by atoms with Crippen LogP contribution in [0.25, 0.3) is 17.3 Å². The molecule has 1 aliphatic rings. The molecule has 0 saturated carbocycles. The molecule has 0 aliphatic carbocycles.